The first-order valence-corrected chi connectivity index (χ1v) is 11.0. The second-order valence-corrected chi connectivity index (χ2v) is 7.92. The molecule has 0 spiro atoms. The van der Waals surface area contributed by atoms with E-state index in [4.69, 9.17) is 14.2 Å². The van der Waals surface area contributed by atoms with Crippen molar-refractivity contribution >= 4 is 33.6 Å². The van der Waals surface area contributed by atoms with Crippen molar-refractivity contribution in [1.29, 1.82) is 0 Å². The van der Waals surface area contributed by atoms with Gasteiger partial charge in [-0.15, -0.1) is 0 Å². The van der Waals surface area contributed by atoms with Crippen LogP contribution in [0, 0.1) is 0 Å². The number of ether oxygens (including phenoxy) is 3. The van der Waals surface area contributed by atoms with Gasteiger partial charge in [0.25, 0.3) is 0 Å². The normalized spacial score (nSPS) is 10.5. The molecule has 0 unspecified atom stereocenters. The lowest BCUT2D eigenvalue weighted by Crippen LogP contribution is -2.40. The number of carbonyl (C=O) groups excluding carboxylic acids is 2. The van der Waals surface area contributed by atoms with Crippen molar-refractivity contribution in [2.75, 3.05) is 25.2 Å². The van der Waals surface area contributed by atoms with Crippen molar-refractivity contribution in [3.8, 4) is 17.2 Å². The molecule has 0 atom stereocenters. The van der Waals surface area contributed by atoms with Crippen molar-refractivity contribution in [3.63, 3.8) is 0 Å². The van der Waals surface area contributed by atoms with Gasteiger partial charge in [0.2, 0.25) is 0 Å². The van der Waals surface area contributed by atoms with Gasteiger partial charge in [-0.25, -0.2) is 4.79 Å². The zero-order chi connectivity index (χ0) is 23.0. The third-order valence-corrected chi connectivity index (χ3v) is 4.96. The topological polar surface area (TPSA) is 77.1 Å². The van der Waals surface area contributed by atoms with E-state index in [0.717, 1.165) is 10.0 Å². The molecule has 2 rings (SSSR count). The minimum atomic E-state index is -0.411. The van der Waals surface area contributed by atoms with E-state index in [0.29, 0.717) is 36.1 Å². The van der Waals surface area contributed by atoms with Crippen LogP contribution in [0.4, 0.5) is 10.5 Å². The van der Waals surface area contributed by atoms with Crippen LogP contribution in [-0.2, 0) is 11.2 Å². The summed E-state index contributed by atoms with van der Waals surface area (Å²) in [4.78, 5) is 26.1. The molecule has 8 heteroatoms. The van der Waals surface area contributed by atoms with E-state index in [-0.39, 0.29) is 18.5 Å². The first kappa shape index (κ1) is 24.5. The Balaban J connectivity index is 2.05. The van der Waals surface area contributed by atoms with Gasteiger partial charge in [-0.1, -0.05) is 15.9 Å². The van der Waals surface area contributed by atoms with Crippen LogP contribution in [0.1, 0.15) is 33.3 Å². The molecule has 2 aromatic rings. The maximum absolute atomic E-state index is 12.5. The van der Waals surface area contributed by atoms with Gasteiger partial charge in [0.05, 0.1) is 19.6 Å². The van der Waals surface area contributed by atoms with Gasteiger partial charge in [-0.3, -0.25) is 9.69 Å². The lowest BCUT2D eigenvalue weighted by Gasteiger charge is -2.20. The number of rotatable bonds is 9. The molecule has 2 aromatic carbocycles. The largest absolute Gasteiger partial charge is 0.490 e. The number of hydrogen-bond donors (Lipinski definition) is 1. The van der Waals surface area contributed by atoms with Crippen LogP contribution >= 0.6 is 15.9 Å². The maximum Gasteiger partial charge on any atom is 0.321 e. The number of nitrogens with one attached hydrogen (secondary N) is 1. The van der Waals surface area contributed by atoms with Gasteiger partial charge >= 0.3 is 12.0 Å². The Hall–Kier alpha value is -2.74. The smallest absolute Gasteiger partial charge is 0.321 e. The summed E-state index contributed by atoms with van der Waals surface area (Å²) in [6.07, 6.45) is 0.0610. The van der Waals surface area contributed by atoms with E-state index in [9.17, 15) is 9.59 Å². The van der Waals surface area contributed by atoms with Crippen molar-refractivity contribution in [2.24, 2.45) is 0 Å². The van der Waals surface area contributed by atoms with E-state index in [1.54, 1.807) is 43.4 Å². The average molecular weight is 493 g/mol. The van der Waals surface area contributed by atoms with Gasteiger partial charge in [0, 0.05) is 23.2 Å². The summed E-state index contributed by atoms with van der Waals surface area (Å²) in [6, 6.07) is 10.2. The quantitative estimate of drug-likeness (QED) is 0.395. The number of anilines is 1. The van der Waals surface area contributed by atoms with Crippen LogP contribution in [0.15, 0.2) is 40.9 Å². The number of hydrogen-bond acceptors (Lipinski definition) is 5. The fourth-order valence-electron chi connectivity index (χ4n) is 2.77. The molecule has 1 N–H and O–H groups in total. The summed E-state index contributed by atoms with van der Waals surface area (Å²) in [5, 5.41) is 2.82. The Kier molecular flexibility index (Phi) is 9.18. The molecule has 0 aliphatic carbocycles. The second-order valence-electron chi connectivity index (χ2n) is 7.06. The van der Waals surface area contributed by atoms with Crippen LogP contribution in [0.25, 0.3) is 0 Å². The monoisotopic (exact) mass is 492 g/mol. The molecule has 0 radical (unpaired) electrons. The van der Waals surface area contributed by atoms with Gasteiger partial charge < -0.3 is 19.5 Å². The van der Waals surface area contributed by atoms with E-state index in [1.165, 1.54) is 4.90 Å². The number of esters is 1. The first-order valence-electron chi connectivity index (χ1n) is 10.2. The van der Waals surface area contributed by atoms with Crippen molar-refractivity contribution < 1.29 is 23.8 Å². The number of urea groups is 1. The van der Waals surface area contributed by atoms with Crippen LogP contribution in [-0.4, -0.2) is 38.3 Å². The molecule has 0 aromatic heterocycles. The Labute approximate surface area is 191 Å². The average Bonchev–Trinajstić information content (AvgIpc) is 2.71. The highest BCUT2D eigenvalue weighted by atomic mass is 79.9. The van der Waals surface area contributed by atoms with Gasteiger partial charge in [0.15, 0.2) is 11.5 Å². The summed E-state index contributed by atoms with van der Waals surface area (Å²) in [5.41, 5.74) is 1.42. The van der Waals surface area contributed by atoms with Gasteiger partial charge in [-0.05, 0) is 69.7 Å². The first-order chi connectivity index (χ1) is 14.7. The Morgan fingerprint density at radius 1 is 1.03 bits per heavy atom. The Morgan fingerprint density at radius 2 is 1.61 bits per heavy atom. The standard InChI is InChI=1S/C23H29BrN2O5/c1-6-29-20-12-16(19(24)14-21(20)30-7-2)13-22(27)31-18-10-8-17(9-11-18)26(5)23(28)25-15(3)4/h8-12,14-15H,6-7,13H2,1-5H3,(H,25,28). The molecule has 2 amide bonds. The SMILES string of the molecule is CCOc1cc(Br)c(CC(=O)Oc2ccc(N(C)C(=O)NC(C)C)cc2)cc1OCC. The zero-order valence-corrected chi connectivity index (χ0v) is 20.1. The van der Waals surface area contributed by atoms with Crippen LogP contribution in [0.5, 0.6) is 17.2 Å². The highest BCUT2D eigenvalue weighted by Crippen LogP contribution is 2.34. The predicted octanol–water partition coefficient (Wildman–Crippen LogP) is 4.95. The number of halogens is 1. The molecule has 0 heterocycles. The van der Waals surface area contributed by atoms with E-state index in [2.05, 4.69) is 21.2 Å². The van der Waals surface area contributed by atoms with E-state index < -0.39 is 5.97 Å². The second kappa shape index (κ2) is 11.6. The molecule has 0 fully saturated rings. The summed E-state index contributed by atoms with van der Waals surface area (Å²) in [7, 11) is 1.68. The van der Waals surface area contributed by atoms with Crippen molar-refractivity contribution in [2.45, 2.75) is 40.2 Å². The third-order valence-electron chi connectivity index (χ3n) is 4.22. The van der Waals surface area contributed by atoms with Gasteiger partial charge in [-0.2, -0.15) is 0 Å². The fraction of sp³-hybridized carbons (Fsp3) is 0.391. The number of amides is 2. The van der Waals surface area contributed by atoms with Crippen LogP contribution in [0.2, 0.25) is 0 Å². The van der Waals surface area contributed by atoms with E-state index >= 15 is 0 Å². The summed E-state index contributed by atoms with van der Waals surface area (Å²) >= 11 is 3.49. The maximum atomic E-state index is 12.5. The molecule has 7 nitrogen and oxygen atoms in total. The molecule has 0 aliphatic heterocycles. The highest BCUT2D eigenvalue weighted by Gasteiger charge is 2.16. The van der Waals surface area contributed by atoms with E-state index in [1.807, 2.05) is 27.7 Å². The minimum Gasteiger partial charge on any atom is -0.490 e. The molecule has 0 saturated carbocycles. The molecule has 0 saturated heterocycles. The molecule has 0 aliphatic rings. The lowest BCUT2D eigenvalue weighted by atomic mass is 10.1. The summed E-state index contributed by atoms with van der Waals surface area (Å²) in [6.45, 7) is 8.58. The molecule has 31 heavy (non-hydrogen) atoms. The minimum absolute atomic E-state index is 0.0420. The zero-order valence-electron chi connectivity index (χ0n) is 18.5. The molecular formula is C23H29BrN2O5. The summed E-state index contributed by atoms with van der Waals surface area (Å²) < 4.78 is 17.4. The number of benzene rings is 2. The van der Waals surface area contributed by atoms with Crippen LogP contribution in [0.3, 0.4) is 0 Å². The van der Waals surface area contributed by atoms with Crippen molar-refractivity contribution in [1.82, 2.24) is 5.32 Å². The Bertz CT molecular complexity index is 900. The number of nitrogens with zero attached hydrogens (tertiary/aromatic N) is 1. The third kappa shape index (κ3) is 7.17. The van der Waals surface area contributed by atoms with Crippen LogP contribution < -0.4 is 24.4 Å². The predicted molar refractivity (Wildman–Crippen MR) is 124 cm³/mol. The number of carbonyl (C=O) groups is 2. The summed E-state index contributed by atoms with van der Waals surface area (Å²) in [5.74, 6) is 1.20. The van der Waals surface area contributed by atoms with Gasteiger partial charge in [0.1, 0.15) is 5.75 Å². The van der Waals surface area contributed by atoms with Crippen molar-refractivity contribution in [3.05, 3.63) is 46.4 Å². The Morgan fingerprint density at radius 3 is 2.16 bits per heavy atom. The lowest BCUT2D eigenvalue weighted by molar-refractivity contribution is -0.133. The fourth-order valence-corrected chi connectivity index (χ4v) is 3.23. The molecule has 0 bridgehead atoms. The molecule has 168 valence electrons. The molecular weight excluding hydrogens is 464 g/mol. The highest BCUT2D eigenvalue weighted by molar-refractivity contribution is 9.10.